The average molecular weight is 441 g/mol. The van der Waals surface area contributed by atoms with Crippen molar-refractivity contribution in [1.82, 2.24) is 0 Å². The maximum Gasteiger partial charge on any atom is 0.262 e. The zero-order valence-electron chi connectivity index (χ0n) is 15.7. The molecule has 2 amide bonds. The van der Waals surface area contributed by atoms with Crippen molar-refractivity contribution in [2.45, 2.75) is 13.8 Å². The molecule has 3 aromatic rings. The van der Waals surface area contributed by atoms with Gasteiger partial charge in [0.15, 0.2) is 6.61 Å². The topological polar surface area (TPSA) is 67.4 Å². The Bertz CT molecular complexity index is 1020. The second kappa shape index (κ2) is 8.89. The lowest BCUT2D eigenvalue weighted by Gasteiger charge is -2.12. The molecule has 0 fully saturated rings. The predicted molar refractivity (Wildman–Crippen MR) is 116 cm³/mol. The van der Waals surface area contributed by atoms with Crippen LogP contribution in [0.1, 0.15) is 13.8 Å². The van der Waals surface area contributed by atoms with Crippen LogP contribution in [0.15, 0.2) is 65.1 Å². The van der Waals surface area contributed by atoms with Crippen LogP contribution in [-0.2, 0) is 9.59 Å². The first-order valence-corrected chi connectivity index (χ1v) is 9.74. The molecule has 144 valence electrons. The van der Waals surface area contributed by atoms with Crippen molar-refractivity contribution >= 4 is 49.9 Å². The summed E-state index contributed by atoms with van der Waals surface area (Å²) in [6.07, 6.45) is 0. The molecule has 0 heterocycles. The van der Waals surface area contributed by atoms with E-state index in [1.54, 1.807) is 24.3 Å². The van der Waals surface area contributed by atoms with Crippen molar-refractivity contribution < 1.29 is 14.3 Å². The van der Waals surface area contributed by atoms with Crippen LogP contribution in [0.25, 0.3) is 10.8 Å². The Labute approximate surface area is 172 Å². The summed E-state index contributed by atoms with van der Waals surface area (Å²) in [6.45, 7) is 3.52. The van der Waals surface area contributed by atoms with Gasteiger partial charge in [0.1, 0.15) is 5.75 Å². The Morgan fingerprint density at radius 3 is 2.43 bits per heavy atom. The van der Waals surface area contributed by atoms with Crippen LogP contribution in [-0.4, -0.2) is 18.4 Å². The van der Waals surface area contributed by atoms with Gasteiger partial charge in [-0.1, -0.05) is 50.2 Å². The zero-order valence-corrected chi connectivity index (χ0v) is 17.2. The number of amides is 2. The molecular formula is C22H21BrN2O3. The molecule has 0 aliphatic carbocycles. The first-order chi connectivity index (χ1) is 13.4. The third kappa shape index (κ3) is 4.89. The standard InChI is InChI=1S/C22H21BrN2O3/c1-14(2)22(27)25-17-8-5-7-16(12-17)24-20(26)13-28-19-11-10-15-6-3-4-9-18(15)21(19)23/h3-12,14H,13H2,1-2H3,(H,24,26)(H,25,27). The number of nitrogens with one attached hydrogen (secondary N) is 2. The van der Waals surface area contributed by atoms with Crippen molar-refractivity contribution in [1.29, 1.82) is 0 Å². The van der Waals surface area contributed by atoms with Gasteiger partial charge < -0.3 is 15.4 Å². The van der Waals surface area contributed by atoms with Crippen LogP contribution in [0.5, 0.6) is 5.75 Å². The first kappa shape index (κ1) is 19.9. The van der Waals surface area contributed by atoms with Gasteiger partial charge in [0.2, 0.25) is 5.91 Å². The number of benzene rings is 3. The van der Waals surface area contributed by atoms with Gasteiger partial charge in [-0.25, -0.2) is 0 Å². The molecule has 0 saturated heterocycles. The molecule has 0 spiro atoms. The van der Waals surface area contributed by atoms with Gasteiger partial charge in [0.05, 0.1) is 4.47 Å². The number of ether oxygens (including phenoxy) is 1. The van der Waals surface area contributed by atoms with E-state index >= 15 is 0 Å². The van der Waals surface area contributed by atoms with Gasteiger partial charge in [0, 0.05) is 17.3 Å². The Kier molecular flexibility index (Phi) is 6.31. The number of halogens is 1. The molecule has 3 aromatic carbocycles. The Balaban J connectivity index is 1.62. The molecule has 28 heavy (non-hydrogen) atoms. The van der Waals surface area contributed by atoms with Crippen molar-refractivity contribution in [3.05, 3.63) is 65.1 Å². The number of hydrogen-bond acceptors (Lipinski definition) is 3. The van der Waals surface area contributed by atoms with E-state index in [0.717, 1.165) is 15.2 Å². The molecule has 0 saturated carbocycles. The predicted octanol–water partition coefficient (Wildman–Crippen LogP) is 5.21. The van der Waals surface area contributed by atoms with Crippen LogP contribution in [0.4, 0.5) is 11.4 Å². The Morgan fingerprint density at radius 2 is 1.68 bits per heavy atom. The molecule has 6 heteroatoms. The third-order valence-electron chi connectivity index (χ3n) is 4.12. The fourth-order valence-corrected chi connectivity index (χ4v) is 3.23. The highest BCUT2D eigenvalue weighted by Crippen LogP contribution is 2.33. The van der Waals surface area contributed by atoms with E-state index in [9.17, 15) is 9.59 Å². The van der Waals surface area contributed by atoms with Crippen LogP contribution in [0.2, 0.25) is 0 Å². The number of fused-ring (bicyclic) bond motifs is 1. The van der Waals surface area contributed by atoms with E-state index < -0.39 is 0 Å². The van der Waals surface area contributed by atoms with Crippen molar-refractivity contribution in [2.75, 3.05) is 17.2 Å². The van der Waals surface area contributed by atoms with Gasteiger partial charge in [-0.15, -0.1) is 0 Å². The van der Waals surface area contributed by atoms with Gasteiger partial charge in [0.25, 0.3) is 5.91 Å². The van der Waals surface area contributed by atoms with Crippen molar-refractivity contribution in [3.8, 4) is 5.75 Å². The summed E-state index contributed by atoms with van der Waals surface area (Å²) < 4.78 is 6.49. The minimum absolute atomic E-state index is 0.0760. The molecule has 0 radical (unpaired) electrons. The highest BCUT2D eigenvalue weighted by atomic mass is 79.9. The quantitative estimate of drug-likeness (QED) is 0.552. The number of anilines is 2. The number of rotatable bonds is 6. The SMILES string of the molecule is CC(C)C(=O)Nc1cccc(NC(=O)COc2ccc3ccccc3c2Br)c1. The van der Waals surface area contributed by atoms with Gasteiger partial charge in [-0.2, -0.15) is 0 Å². The summed E-state index contributed by atoms with van der Waals surface area (Å²) >= 11 is 3.55. The van der Waals surface area contributed by atoms with Crippen LogP contribution >= 0.6 is 15.9 Å². The molecule has 0 aliphatic rings. The molecule has 0 atom stereocenters. The maximum atomic E-state index is 12.3. The zero-order chi connectivity index (χ0) is 20.1. The number of carbonyl (C=O) groups excluding carboxylic acids is 2. The highest BCUT2D eigenvalue weighted by molar-refractivity contribution is 9.10. The minimum Gasteiger partial charge on any atom is -0.483 e. The Hall–Kier alpha value is -2.86. The molecule has 3 rings (SSSR count). The van der Waals surface area contributed by atoms with Crippen LogP contribution < -0.4 is 15.4 Å². The lowest BCUT2D eigenvalue weighted by atomic mass is 10.1. The molecule has 0 aromatic heterocycles. The molecular weight excluding hydrogens is 420 g/mol. The smallest absolute Gasteiger partial charge is 0.262 e. The lowest BCUT2D eigenvalue weighted by Crippen LogP contribution is -2.21. The largest absolute Gasteiger partial charge is 0.483 e. The summed E-state index contributed by atoms with van der Waals surface area (Å²) in [4.78, 5) is 24.1. The van der Waals surface area contributed by atoms with E-state index in [0.29, 0.717) is 17.1 Å². The minimum atomic E-state index is -0.285. The average Bonchev–Trinajstić information content (AvgIpc) is 2.68. The molecule has 2 N–H and O–H groups in total. The molecule has 5 nitrogen and oxygen atoms in total. The first-order valence-electron chi connectivity index (χ1n) is 8.95. The fraction of sp³-hybridized carbons (Fsp3) is 0.182. The lowest BCUT2D eigenvalue weighted by molar-refractivity contribution is -0.119. The van der Waals surface area contributed by atoms with Crippen LogP contribution in [0, 0.1) is 5.92 Å². The highest BCUT2D eigenvalue weighted by Gasteiger charge is 2.10. The maximum absolute atomic E-state index is 12.3. The second-order valence-electron chi connectivity index (χ2n) is 6.66. The summed E-state index contributed by atoms with van der Waals surface area (Å²) in [5.41, 5.74) is 1.22. The van der Waals surface area contributed by atoms with E-state index in [2.05, 4.69) is 26.6 Å². The molecule has 0 bridgehead atoms. The Morgan fingerprint density at radius 1 is 0.964 bits per heavy atom. The normalized spacial score (nSPS) is 10.7. The van der Waals surface area contributed by atoms with Gasteiger partial charge in [-0.05, 0) is 51.0 Å². The fourth-order valence-electron chi connectivity index (χ4n) is 2.63. The van der Waals surface area contributed by atoms with E-state index in [1.807, 2.05) is 50.2 Å². The summed E-state index contributed by atoms with van der Waals surface area (Å²) in [7, 11) is 0. The third-order valence-corrected chi connectivity index (χ3v) is 4.94. The van der Waals surface area contributed by atoms with Gasteiger partial charge in [-0.3, -0.25) is 9.59 Å². The van der Waals surface area contributed by atoms with Crippen molar-refractivity contribution in [2.24, 2.45) is 5.92 Å². The molecule has 0 unspecified atom stereocenters. The summed E-state index contributed by atoms with van der Waals surface area (Å²) in [5, 5.41) is 7.70. The monoisotopic (exact) mass is 440 g/mol. The van der Waals surface area contributed by atoms with E-state index in [4.69, 9.17) is 4.74 Å². The molecule has 0 aliphatic heterocycles. The van der Waals surface area contributed by atoms with Crippen LogP contribution in [0.3, 0.4) is 0 Å². The van der Waals surface area contributed by atoms with E-state index in [1.165, 1.54) is 0 Å². The van der Waals surface area contributed by atoms with Crippen molar-refractivity contribution in [3.63, 3.8) is 0 Å². The number of carbonyl (C=O) groups is 2. The summed E-state index contributed by atoms with van der Waals surface area (Å²) in [5.74, 6) is 0.124. The van der Waals surface area contributed by atoms with Gasteiger partial charge >= 0.3 is 0 Å². The van der Waals surface area contributed by atoms with E-state index in [-0.39, 0.29) is 24.3 Å². The second-order valence-corrected chi connectivity index (χ2v) is 7.45. The summed E-state index contributed by atoms with van der Waals surface area (Å²) in [6, 6.07) is 18.7. The number of hydrogen-bond donors (Lipinski definition) is 2.